The van der Waals surface area contributed by atoms with Crippen LogP contribution in [-0.4, -0.2) is 76.9 Å². The normalized spacial score (nSPS) is 20.2. The van der Waals surface area contributed by atoms with Crippen LogP contribution in [0.1, 0.15) is 43.2 Å². The van der Waals surface area contributed by atoms with Gasteiger partial charge in [-0.2, -0.15) is 0 Å². The summed E-state index contributed by atoms with van der Waals surface area (Å²) in [6, 6.07) is 6.45. The van der Waals surface area contributed by atoms with E-state index in [0.717, 1.165) is 0 Å². The van der Waals surface area contributed by atoms with Crippen molar-refractivity contribution in [2.75, 3.05) is 19.7 Å². The lowest BCUT2D eigenvalue weighted by Gasteiger charge is -2.24. The van der Waals surface area contributed by atoms with Crippen LogP contribution in [0.4, 0.5) is 0 Å². The van der Waals surface area contributed by atoms with E-state index < -0.39 is 35.8 Å². The fraction of sp³-hybridized carbons (Fsp3) is 0.483. The SMILES string of the molecule is NCCC[C@@H]1NC(=O)[C@@H](N)Cc2cc(ccc2O)-c2ccc(O)c(c2)C[C@@H](C(=O)NCCCC[C@H](N)CO)NC1=O. The molecular weight excluding hydrogens is 528 g/mol. The predicted molar refractivity (Wildman–Crippen MR) is 155 cm³/mol. The largest absolute Gasteiger partial charge is 0.508 e. The Morgan fingerprint density at radius 3 is 2.20 bits per heavy atom. The second-order valence-electron chi connectivity index (χ2n) is 10.5. The summed E-state index contributed by atoms with van der Waals surface area (Å²) in [4.78, 5) is 39.7. The smallest absolute Gasteiger partial charge is 0.243 e. The van der Waals surface area contributed by atoms with Gasteiger partial charge in [-0.05, 0) is 78.7 Å². The first-order valence-corrected chi connectivity index (χ1v) is 14.0. The van der Waals surface area contributed by atoms with Gasteiger partial charge in [-0.25, -0.2) is 0 Å². The molecule has 0 aromatic heterocycles. The molecule has 0 radical (unpaired) electrons. The first-order chi connectivity index (χ1) is 19.6. The topological polar surface area (TPSA) is 226 Å². The molecule has 3 amide bonds. The lowest BCUT2D eigenvalue weighted by atomic mass is 9.95. The number of unbranched alkanes of at least 4 members (excludes halogenated alkanes) is 1. The average molecular weight is 571 g/mol. The van der Waals surface area contributed by atoms with E-state index in [2.05, 4.69) is 16.0 Å². The highest BCUT2D eigenvalue weighted by molar-refractivity contribution is 5.93. The maximum Gasteiger partial charge on any atom is 0.243 e. The number of nitrogens with two attached hydrogens (primary N) is 3. The number of nitrogens with one attached hydrogen (secondary N) is 3. The fourth-order valence-electron chi connectivity index (χ4n) is 4.72. The van der Waals surface area contributed by atoms with Crippen LogP contribution in [0, 0.1) is 0 Å². The Bertz CT molecular complexity index is 1210. The molecule has 4 atom stereocenters. The van der Waals surface area contributed by atoms with Gasteiger partial charge in [0.05, 0.1) is 12.6 Å². The highest BCUT2D eigenvalue weighted by atomic mass is 16.3. The summed E-state index contributed by atoms with van der Waals surface area (Å²) < 4.78 is 0. The lowest BCUT2D eigenvalue weighted by molar-refractivity contribution is -0.132. The van der Waals surface area contributed by atoms with Crippen LogP contribution in [0.25, 0.3) is 11.1 Å². The van der Waals surface area contributed by atoms with Gasteiger partial charge >= 0.3 is 0 Å². The number of hydrogen-bond donors (Lipinski definition) is 9. The van der Waals surface area contributed by atoms with Gasteiger partial charge < -0.3 is 48.5 Å². The number of fused-ring (bicyclic) bond motifs is 5. The third-order valence-electron chi connectivity index (χ3n) is 7.19. The summed E-state index contributed by atoms with van der Waals surface area (Å²) in [5, 5.41) is 38.4. The number of carbonyl (C=O) groups is 3. The van der Waals surface area contributed by atoms with Gasteiger partial charge in [-0.15, -0.1) is 0 Å². The van der Waals surface area contributed by atoms with Crippen LogP contribution in [0.2, 0.25) is 0 Å². The molecule has 0 unspecified atom stereocenters. The molecule has 1 aliphatic heterocycles. The predicted octanol–water partition coefficient (Wildman–Crippen LogP) is -0.495. The minimum atomic E-state index is -1.06. The standard InChI is InChI=1S/C29H42N6O6/c30-10-3-5-23-29(41)35-24(28(40)33-11-2-1-4-21(31)16-36)15-20-13-18(7-9-26(20)38)17-6-8-25(37)19(12-17)14-22(32)27(39)34-23/h6-9,12-13,21-24,36-38H,1-5,10-11,14-16,30-32H2,(H,33,40)(H,34,39)(H,35,41)/t21-,22-,23-,24-/m0/s1. The number of phenols is 2. The zero-order valence-electron chi connectivity index (χ0n) is 23.1. The molecule has 224 valence electrons. The number of aromatic hydroxyl groups is 2. The number of carbonyl (C=O) groups excluding carboxylic acids is 3. The van der Waals surface area contributed by atoms with E-state index in [-0.39, 0.29) is 50.0 Å². The molecule has 1 aliphatic rings. The van der Waals surface area contributed by atoms with E-state index in [1.54, 1.807) is 24.3 Å². The summed E-state index contributed by atoms with van der Waals surface area (Å²) in [7, 11) is 0. The number of aliphatic hydroxyl groups excluding tert-OH is 1. The van der Waals surface area contributed by atoms with Crippen molar-refractivity contribution >= 4 is 17.7 Å². The summed E-state index contributed by atoms with van der Waals surface area (Å²) in [5.41, 5.74) is 19.9. The Hall–Kier alpha value is -3.71. The monoisotopic (exact) mass is 570 g/mol. The van der Waals surface area contributed by atoms with E-state index in [9.17, 15) is 24.6 Å². The molecule has 0 aliphatic carbocycles. The Morgan fingerprint density at radius 1 is 0.951 bits per heavy atom. The average Bonchev–Trinajstić information content (AvgIpc) is 2.95. The van der Waals surface area contributed by atoms with Crippen molar-refractivity contribution in [3.05, 3.63) is 47.5 Å². The quantitative estimate of drug-likeness (QED) is 0.168. The molecule has 2 aromatic carbocycles. The minimum absolute atomic E-state index is 0.0192. The molecule has 0 saturated carbocycles. The van der Waals surface area contributed by atoms with Gasteiger partial charge in [0.1, 0.15) is 23.6 Å². The van der Waals surface area contributed by atoms with Gasteiger partial charge in [0, 0.05) is 25.4 Å². The fourth-order valence-corrected chi connectivity index (χ4v) is 4.72. The lowest BCUT2D eigenvalue weighted by Crippen LogP contribution is -2.56. The zero-order valence-corrected chi connectivity index (χ0v) is 23.1. The van der Waals surface area contributed by atoms with Crippen molar-refractivity contribution < 1.29 is 29.7 Å². The molecule has 41 heavy (non-hydrogen) atoms. The molecular formula is C29H42N6O6. The first kappa shape index (κ1) is 31.8. The third-order valence-corrected chi connectivity index (χ3v) is 7.19. The molecule has 12 N–H and O–H groups in total. The van der Waals surface area contributed by atoms with E-state index in [1.165, 1.54) is 12.1 Å². The van der Waals surface area contributed by atoms with Crippen LogP contribution >= 0.6 is 0 Å². The van der Waals surface area contributed by atoms with Crippen LogP contribution in [0.3, 0.4) is 0 Å². The Balaban J connectivity index is 1.94. The van der Waals surface area contributed by atoms with Gasteiger partial charge in [0.2, 0.25) is 17.7 Å². The van der Waals surface area contributed by atoms with Gasteiger partial charge in [0.25, 0.3) is 0 Å². The molecule has 4 bridgehead atoms. The zero-order chi connectivity index (χ0) is 29.9. The maximum atomic E-state index is 13.4. The number of aliphatic hydroxyl groups is 1. The molecule has 12 nitrogen and oxygen atoms in total. The molecule has 0 spiro atoms. The second kappa shape index (κ2) is 15.3. The Kier molecular flexibility index (Phi) is 11.9. The second-order valence-corrected chi connectivity index (χ2v) is 10.5. The molecule has 0 saturated heterocycles. The Labute approximate surface area is 239 Å². The van der Waals surface area contributed by atoms with Crippen LogP contribution < -0.4 is 33.2 Å². The van der Waals surface area contributed by atoms with Crippen molar-refractivity contribution in [2.24, 2.45) is 17.2 Å². The number of rotatable bonds is 10. The van der Waals surface area contributed by atoms with Crippen molar-refractivity contribution in [1.29, 1.82) is 0 Å². The van der Waals surface area contributed by atoms with Crippen molar-refractivity contribution in [1.82, 2.24) is 16.0 Å². The third kappa shape index (κ3) is 9.15. The summed E-state index contributed by atoms with van der Waals surface area (Å²) in [6.45, 7) is 0.506. The van der Waals surface area contributed by atoms with E-state index in [0.29, 0.717) is 54.5 Å². The van der Waals surface area contributed by atoms with E-state index >= 15 is 0 Å². The minimum Gasteiger partial charge on any atom is -0.508 e. The van der Waals surface area contributed by atoms with E-state index in [1.807, 2.05) is 0 Å². The first-order valence-electron chi connectivity index (χ1n) is 14.0. The summed E-state index contributed by atoms with van der Waals surface area (Å²) in [5.74, 6) is -1.68. The van der Waals surface area contributed by atoms with Crippen molar-refractivity contribution in [3.8, 4) is 22.6 Å². The highest BCUT2D eigenvalue weighted by Gasteiger charge is 2.29. The molecule has 12 heteroatoms. The van der Waals surface area contributed by atoms with Gasteiger partial charge in [-0.3, -0.25) is 14.4 Å². The highest BCUT2D eigenvalue weighted by Crippen LogP contribution is 2.30. The molecule has 3 rings (SSSR count). The van der Waals surface area contributed by atoms with Crippen molar-refractivity contribution in [2.45, 2.75) is 69.1 Å². The number of amides is 3. The molecule has 1 heterocycles. The Morgan fingerprint density at radius 2 is 1.59 bits per heavy atom. The van der Waals surface area contributed by atoms with Gasteiger partial charge in [-0.1, -0.05) is 18.6 Å². The molecule has 2 aromatic rings. The number of benzene rings is 2. The van der Waals surface area contributed by atoms with Crippen molar-refractivity contribution in [3.63, 3.8) is 0 Å². The van der Waals surface area contributed by atoms with E-state index in [4.69, 9.17) is 22.3 Å². The maximum absolute atomic E-state index is 13.4. The van der Waals surface area contributed by atoms with Crippen LogP contribution in [0.5, 0.6) is 11.5 Å². The van der Waals surface area contributed by atoms with Crippen LogP contribution in [0.15, 0.2) is 36.4 Å². The van der Waals surface area contributed by atoms with Crippen LogP contribution in [-0.2, 0) is 27.2 Å². The number of hydrogen-bond acceptors (Lipinski definition) is 9. The summed E-state index contributed by atoms with van der Waals surface area (Å²) in [6.07, 6.45) is 2.59. The summed E-state index contributed by atoms with van der Waals surface area (Å²) >= 11 is 0. The molecule has 0 fully saturated rings. The van der Waals surface area contributed by atoms with Gasteiger partial charge in [0.15, 0.2) is 0 Å². The number of phenolic OH excluding ortho intramolecular Hbond substituents is 2.